The van der Waals surface area contributed by atoms with Crippen LogP contribution < -0.4 is 0 Å². The van der Waals surface area contributed by atoms with Crippen molar-refractivity contribution in [1.82, 2.24) is 0 Å². The van der Waals surface area contributed by atoms with Gasteiger partial charge in [-0.25, -0.2) is 0 Å². The lowest BCUT2D eigenvalue weighted by atomic mass is 9.87. The van der Waals surface area contributed by atoms with Gasteiger partial charge in [0.15, 0.2) is 0 Å². The van der Waals surface area contributed by atoms with E-state index in [1.165, 1.54) is 33.4 Å². The molecule has 0 nitrogen and oxygen atoms in total. The zero-order chi connectivity index (χ0) is 15.4. The Hall–Kier alpha value is -2.34. The standard InChI is InChI=1S/C22H22/c1-3-17-11-8-9-15-20(17)21-16-10-14-18(4-2)22(21)19-12-6-5-7-13-19/h5-16H,3-4H2,1-2H3. The minimum absolute atomic E-state index is 1.05. The largest absolute Gasteiger partial charge is 0.0622 e. The van der Waals surface area contributed by atoms with E-state index in [-0.39, 0.29) is 0 Å². The van der Waals surface area contributed by atoms with Gasteiger partial charge < -0.3 is 0 Å². The summed E-state index contributed by atoms with van der Waals surface area (Å²) in [5.41, 5.74) is 8.22. The van der Waals surface area contributed by atoms with Crippen LogP contribution in [0.2, 0.25) is 0 Å². The second-order valence-electron chi connectivity index (χ2n) is 5.57. The summed E-state index contributed by atoms with van der Waals surface area (Å²) in [6.07, 6.45) is 2.10. The summed E-state index contributed by atoms with van der Waals surface area (Å²) in [6.45, 7) is 4.46. The third-order valence-corrected chi connectivity index (χ3v) is 4.28. The van der Waals surface area contributed by atoms with Crippen molar-refractivity contribution in [3.8, 4) is 22.3 Å². The van der Waals surface area contributed by atoms with Crippen LogP contribution in [0.5, 0.6) is 0 Å². The molecule has 0 fully saturated rings. The number of rotatable bonds is 4. The van der Waals surface area contributed by atoms with Crippen molar-refractivity contribution in [3.63, 3.8) is 0 Å². The second-order valence-corrected chi connectivity index (χ2v) is 5.57. The maximum absolute atomic E-state index is 2.26. The van der Waals surface area contributed by atoms with E-state index < -0.39 is 0 Å². The fourth-order valence-electron chi connectivity index (χ4n) is 3.16. The molecule has 0 N–H and O–H groups in total. The van der Waals surface area contributed by atoms with E-state index in [4.69, 9.17) is 0 Å². The van der Waals surface area contributed by atoms with Crippen molar-refractivity contribution in [3.05, 3.63) is 83.9 Å². The molecule has 3 aromatic carbocycles. The fourth-order valence-corrected chi connectivity index (χ4v) is 3.16. The average Bonchev–Trinajstić information content (AvgIpc) is 2.61. The Kier molecular flexibility index (Phi) is 4.39. The molecule has 0 aromatic heterocycles. The van der Waals surface area contributed by atoms with Gasteiger partial charge in [-0.2, -0.15) is 0 Å². The summed E-state index contributed by atoms with van der Waals surface area (Å²) in [4.78, 5) is 0. The van der Waals surface area contributed by atoms with Gasteiger partial charge in [-0.3, -0.25) is 0 Å². The predicted molar refractivity (Wildman–Crippen MR) is 96.1 cm³/mol. The van der Waals surface area contributed by atoms with Crippen LogP contribution in [0, 0.1) is 0 Å². The lowest BCUT2D eigenvalue weighted by Crippen LogP contribution is -1.94. The monoisotopic (exact) mass is 286 g/mol. The van der Waals surface area contributed by atoms with Crippen molar-refractivity contribution in [2.75, 3.05) is 0 Å². The summed E-state index contributed by atoms with van der Waals surface area (Å²) >= 11 is 0. The van der Waals surface area contributed by atoms with Crippen molar-refractivity contribution >= 4 is 0 Å². The van der Waals surface area contributed by atoms with Crippen molar-refractivity contribution in [1.29, 1.82) is 0 Å². The lowest BCUT2D eigenvalue weighted by molar-refractivity contribution is 1.13. The van der Waals surface area contributed by atoms with Gasteiger partial charge in [-0.05, 0) is 46.2 Å². The normalized spacial score (nSPS) is 10.6. The van der Waals surface area contributed by atoms with Crippen molar-refractivity contribution < 1.29 is 0 Å². The molecule has 3 aromatic rings. The molecule has 3 rings (SSSR count). The third-order valence-electron chi connectivity index (χ3n) is 4.28. The molecule has 0 aliphatic rings. The molecule has 0 aliphatic carbocycles. The van der Waals surface area contributed by atoms with Gasteiger partial charge in [0.2, 0.25) is 0 Å². The van der Waals surface area contributed by atoms with Gasteiger partial charge in [0.05, 0.1) is 0 Å². The molecule has 0 saturated carbocycles. The van der Waals surface area contributed by atoms with E-state index in [1.54, 1.807) is 0 Å². The van der Waals surface area contributed by atoms with Gasteiger partial charge in [-0.15, -0.1) is 0 Å². The van der Waals surface area contributed by atoms with Crippen LogP contribution in [0.25, 0.3) is 22.3 Å². The maximum Gasteiger partial charge on any atom is -0.00733 e. The Labute approximate surface area is 133 Å². The molecular weight excluding hydrogens is 264 g/mol. The van der Waals surface area contributed by atoms with Crippen molar-refractivity contribution in [2.24, 2.45) is 0 Å². The van der Waals surface area contributed by atoms with Gasteiger partial charge in [0.25, 0.3) is 0 Å². The molecule has 0 heteroatoms. The number of hydrogen-bond acceptors (Lipinski definition) is 0. The zero-order valence-electron chi connectivity index (χ0n) is 13.3. The molecule has 0 saturated heterocycles. The van der Waals surface area contributed by atoms with E-state index in [0.29, 0.717) is 0 Å². The van der Waals surface area contributed by atoms with E-state index in [9.17, 15) is 0 Å². The highest BCUT2D eigenvalue weighted by Gasteiger charge is 2.13. The molecule has 22 heavy (non-hydrogen) atoms. The molecule has 0 bridgehead atoms. The van der Waals surface area contributed by atoms with Crippen LogP contribution in [0.1, 0.15) is 25.0 Å². The molecule has 0 heterocycles. The van der Waals surface area contributed by atoms with Gasteiger partial charge >= 0.3 is 0 Å². The first-order valence-corrected chi connectivity index (χ1v) is 8.10. The predicted octanol–water partition coefficient (Wildman–Crippen LogP) is 6.15. The van der Waals surface area contributed by atoms with E-state index in [0.717, 1.165) is 12.8 Å². The minimum Gasteiger partial charge on any atom is -0.0622 e. The van der Waals surface area contributed by atoms with Gasteiger partial charge in [0, 0.05) is 0 Å². The smallest absolute Gasteiger partial charge is 0.00733 e. The first-order chi connectivity index (χ1) is 10.8. The Morgan fingerprint density at radius 3 is 1.86 bits per heavy atom. The molecule has 0 spiro atoms. The van der Waals surface area contributed by atoms with E-state index in [1.807, 2.05) is 0 Å². The average molecular weight is 286 g/mol. The number of aryl methyl sites for hydroxylation is 2. The van der Waals surface area contributed by atoms with Crippen LogP contribution in [0.4, 0.5) is 0 Å². The summed E-state index contributed by atoms with van der Waals surface area (Å²) < 4.78 is 0. The van der Waals surface area contributed by atoms with E-state index >= 15 is 0 Å². The van der Waals surface area contributed by atoms with Crippen LogP contribution in [0.15, 0.2) is 72.8 Å². The van der Waals surface area contributed by atoms with Crippen LogP contribution >= 0.6 is 0 Å². The first-order valence-electron chi connectivity index (χ1n) is 8.10. The first kappa shape index (κ1) is 14.6. The molecule has 0 aliphatic heterocycles. The topological polar surface area (TPSA) is 0 Å². The number of benzene rings is 3. The molecular formula is C22H22. The SMILES string of the molecule is CCc1ccccc1-c1cccc(CC)c1-c1ccccc1. The summed E-state index contributed by atoms with van der Waals surface area (Å²) in [5.74, 6) is 0. The molecule has 0 radical (unpaired) electrons. The zero-order valence-corrected chi connectivity index (χ0v) is 13.3. The second kappa shape index (κ2) is 6.62. The molecule has 110 valence electrons. The summed E-state index contributed by atoms with van der Waals surface area (Å²) in [6, 6.07) is 26.2. The van der Waals surface area contributed by atoms with Crippen LogP contribution in [0.3, 0.4) is 0 Å². The quantitative estimate of drug-likeness (QED) is 0.540. The fraction of sp³-hybridized carbons (Fsp3) is 0.182. The Morgan fingerprint density at radius 2 is 1.14 bits per heavy atom. The van der Waals surface area contributed by atoms with Gasteiger partial charge in [0.1, 0.15) is 0 Å². The Bertz CT molecular complexity index is 754. The highest BCUT2D eigenvalue weighted by molar-refractivity contribution is 5.87. The Balaban J connectivity index is 2.29. The lowest BCUT2D eigenvalue weighted by Gasteiger charge is -2.17. The third kappa shape index (κ3) is 2.69. The minimum atomic E-state index is 1.05. The van der Waals surface area contributed by atoms with Crippen LogP contribution in [-0.2, 0) is 12.8 Å². The highest BCUT2D eigenvalue weighted by atomic mass is 14.2. The molecule has 0 unspecified atom stereocenters. The summed E-state index contributed by atoms with van der Waals surface area (Å²) in [5, 5.41) is 0. The Morgan fingerprint density at radius 1 is 0.545 bits per heavy atom. The molecule has 0 atom stereocenters. The van der Waals surface area contributed by atoms with Crippen LogP contribution in [-0.4, -0.2) is 0 Å². The molecule has 0 amide bonds. The summed E-state index contributed by atoms with van der Waals surface area (Å²) in [7, 11) is 0. The van der Waals surface area contributed by atoms with Crippen molar-refractivity contribution in [2.45, 2.75) is 26.7 Å². The maximum atomic E-state index is 2.26. The van der Waals surface area contributed by atoms with E-state index in [2.05, 4.69) is 86.6 Å². The van der Waals surface area contributed by atoms with Gasteiger partial charge in [-0.1, -0.05) is 86.6 Å². The number of hydrogen-bond donors (Lipinski definition) is 0. The highest BCUT2D eigenvalue weighted by Crippen LogP contribution is 2.36.